The van der Waals surface area contributed by atoms with E-state index in [1.54, 1.807) is 0 Å². The lowest BCUT2D eigenvalue weighted by Gasteiger charge is -2.36. The quantitative estimate of drug-likeness (QED) is 0.650. The van der Waals surface area contributed by atoms with Crippen LogP contribution in [0.1, 0.15) is 10.4 Å². The van der Waals surface area contributed by atoms with Gasteiger partial charge >= 0.3 is 12.3 Å². The number of benzene rings is 1. The minimum absolute atomic E-state index is 0.0215. The summed E-state index contributed by atoms with van der Waals surface area (Å²) in [4.78, 5) is 14.7. The maximum atomic E-state index is 13.0. The molecule has 0 unspecified atom stereocenters. The van der Waals surface area contributed by atoms with E-state index in [2.05, 4.69) is 0 Å². The Morgan fingerprint density at radius 1 is 1.17 bits per heavy atom. The van der Waals surface area contributed by atoms with E-state index >= 15 is 0 Å². The van der Waals surface area contributed by atoms with Crippen LogP contribution < -0.4 is 0 Å². The summed E-state index contributed by atoms with van der Waals surface area (Å²) in [7, 11) is 0. The van der Waals surface area contributed by atoms with Crippen LogP contribution in [-0.4, -0.2) is 71.0 Å². The molecule has 0 spiro atoms. The van der Waals surface area contributed by atoms with Crippen LogP contribution in [0.2, 0.25) is 0 Å². The zero-order valence-electron chi connectivity index (χ0n) is 12.1. The van der Waals surface area contributed by atoms with E-state index in [1.807, 2.05) is 0 Å². The molecule has 1 saturated heterocycles. The van der Waals surface area contributed by atoms with Gasteiger partial charge in [-0.1, -0.05) is 6.07 Å². The Kier molecular flexibility index (Phi) is 4.98. The topological polar surface area (TPSA) is 64.0 Å². The Morgan fingerprint density at radius 2 is 1.78 bits per heavy atom. The molecular weight excluding hydrogens is 320 g/mol. The monoisotopic (exact) mass is 336 g/mol. The fourth-order valence-electron chi connectivity index (χ4n) is 2.35. The third kappa shape index (κ3) is 3.84. The Hall–Kier alpha value is -2.03. The molecule has 0 aromatic heterocycles. The molecule has 0 aliphatic carbocycles. The lowest BCUT2D eigenvalue weighted by molar-refractivity contribution is -0.144. The van der Waals surface area contributed by atoms with E-state index in [-0.39, 0.29) is 31.7 Å². The van der Waals surface area contributed by atoms with Gasteiger partial charge in [0.2, 0.25) is 0 Å². The van der Waals surface area contributed by atoms with Crippen LogP contribution in [0.3, 0.4) is 0 Å². The van der Waals surface area contributed by atoms with E-state index in [0.717, 1.165) is 4.90 Å². The first-order valence-corrected chi connectivity index (χ1v) is 6.91. The van der Waals surface area contributed by atoms with Crippen LogP contribution in [0.25, 0.3) is 0 Å². The Bertz CT molecular complexity index is 575. The van der Waals surface area contributed by atoms with Gasteiger partial charge < -0.3 is 15.1 Å². The molecule has 128 valence electrons. The highest BCUT2D eigenvalue weighted by atomic mass is 19.3. The molecule has 1 amide bonds. The highest BCUT2D eigenvalue weighted by Gasteiger charge is 2.42. The highest BCUT2D eigenvalue weighted by molar-refractivity contribution is 5.97. The summed E-state index contributed by atoms with van der Waals surface area (Å²) >= 11 is 0. The van der Waals surface area contributed by atoms with E-state index in [4.69, 9.17) is 0 Å². The predicted octanol–water partition coefficient (Wildman–Crippen LogP) is 1.76. The first-order valence-electron chi connectivity index (χ1n) is 6.91. The number of piperazine rings is 1. The van der Waals surface area contributed by atoms with Crippen molar-refractivity contribution in [2.75, 3.05) is 32.7 Å². The van der Waals surface area contributed by atoms with Crippen molar-refractivity contribution in [1.82, 2.24) is 9.80 Å². The van der Waals surface area contributed by atoms with E-state index in [0.29, 0.717) is 0 Å². The van der Waals surface area contributed by atoms with Crippen molar-refractivity contribution in [2.24, 2.45) is 0 Å². The number of hydrogen-bond acceptors (Lipinski definition) is 4. The van der Waals surface area contributed by atoms with E-state index in [9.17, 15) is 32.6 Å². The Morgan fingerprint density at radius 3 is 2.35 bits per heavy atom. The summed E-state index contributed by atoms with van der Waals surface area (Å²) in [6.07, 6.45) is -3.73. The summed E-state index contributed by atoms with van der Waals surface area (Å²) in [6, 6.07) is 3.94. The maximum absolute atomic E-state index is 13.0. The van der Waals surface area contributed by atoms with Gasteiger partial charge in [0.25, 0.3) is 5.91 Å². The fourth-order valence-corrected chi connectivity index (χ4v) is 2.35. The number of phenolic OH excluding ortho intramolecular Hbond substituents is 2. The number of amides is 1. The zero-order valence-corrected chi connectivity index (χ0v) is 12.1. The molecule has 0 bridgehead atoms. The average Bonchev–Trinajstić information content (AvgIpc) is 2.49. The van der Waals surface area contributed by atoms with Crippen molar-refractivity contribution >= 4 is 5.91 Å². The van der Waals surface area contributed by atoms with Crippen LogP contribution in [0.4, 0.5) is 17.6 Å². The first-order chi connectivity index (χ1) is 10.7. The van der Waals surface area contributed by atoms with Crippen molar-refractivity contribution in [2.45, 2.75) is 12.3 Å². The number of alkyl halides is 4. The molecule has 9 heteroatoms. The molecular formula is C14H16F4N2O3. The second-order valence-electron chi connectivity index (χ2n) is 5.30. The third-order valence-electron chi connectivity index (χ3n) is 3.66. The molecule has 2 N–H and O–H groups in total. The summed E-state index contributed by atoms with van der Waals surface area (Å²) in [5.74, 6) is -5.63. The largest absolute Gasteiger partial charge is 0.504 e. The number of hydrogen-bond donors (Lipinski definition) is 2. The second kappa shape index (κ2) is 6.61. The summed E-state index contributed by atoms with van der Waals surface area (Å²) < 4.78 is 50.4. The van der Waals surface area contributed by atoms with Crippen molar-refractivity contribution in [1.29, 1.82) is 0 Å². The predicted molar refractivity (Wildman–Crippen MR) is 73.1 cm³/mol. The van der Waals surface area contributed by atoms with Gasteiger partial charge in [-0.25, -0.2) is 8.78 Å². The lowest BCUT2D eigenvalue weighted by atomic mass is 10.1. The smallest absolute Gasteiger partial charge is 0.319 e. The first kappa shape index (κ1) is 17.3. The number of carbonyl (C=O) groups is 1. The van der Waals surface area contributed by atoms with Crippen LogP contribution in [-0.2, 0) is 0 Å². The minimum Gasteiger partial charge on any atom is -0.504 e. The van der Waals surface area contributed by atoms with Crippen molar-refractivity contribution in [3.05, 3.63) is 23.8 Å². The number of halogens is 4. The number of nitrogens with zero attached hydrogens (tertiary/aromatic N) is 2. The maximum Gasteiger partial charge on any atom is 0.319 e. The van der Waals surface area contributed by atoms with Gasteiger partial charge in [-0.05, 0) is 12.1 Å². The van der Waals surface area contributed by atoms with Crippen LogP contribution in [0.15, 0.2) is 18.2 Å². The molecule has 1 aromatic rings. The average molecular weight is 336 g/mol. The Labute approximate surface area is 129 Å². The van der Waals surface area contributed by atoms with Gasteiger partial charge in [-0.2, -0.15) is 8.78 Å². The minimum atomic E-state index is -4.09. The normalized spacial score (nSPS) is 16.8. The zero-order chi connectivity index (χ0) is 17.2. The molecule has 0 atom stereocenters. The standard InChI is InChI=1S/C14H16F4N2O3/c15-13(16)14(17,18)8-19-4-6-20(7-5-19)12(23)9-2-1-3-10(21)11(9)22/h1-3,13,21-22H,4-8H2. The molecule has 1 heterocycles. The van der Waals surface area contributed by atoms with Gasteiger partial charge in [-0.15, -0.1) is 0 Å². The molecule has 0 radical (unpaired) electrons. The molecule has 1 fully saturated rings. The fraction of sp³-hybridized carbons (Fsp3) is 0.500. The van der Waals surface area contributed by atoms with Gasteiger partial charge in [0.05, 0.1) is 12.1 Å². The molecule has 1 aromatic carbocycles. The van der Waals surface area contributed by atoms with Crippen LogP contribution in [0.5, 0.6) is 11.5 Å². The Balaban J connectivity index is 1.97. The molecule has 23 heavy (non-hydrogen) atoms. The van der Waals surface area contributed by atoms with Crippen molar-refractivity contribution in [3.63, 3.8) is 0 Å². The van der Waals surface area contributed by atoms with Gasteiger partial charge in [0.15, 0.2) is 11.5 Å². The molecule has 5 nitrogen and oxygen atoms in total. The molecule has 2 rings (SSSR count). The van der Waals surface area contributed by atoms with Crippen molar-refractivity contribution in [3.8, 4) is 11.5 Å². The number of phenols is 2. The molecule has 1 aliphatic heterocycles. The summed E-state index contributed by atoms with van der Waals surface area (Å²) in [5.41, 5.74) is -0.101. The van der Waals surface area contributed by atoms with Crippen LogP contribution >= 0.6 is 0 Å². The van der Waals surface area contributed by atoms with Gasteiger partial charge in [-0.3, -0.25) is 9.69 Å². The number of carbonyl (C=O) groups excluding carboxylic acids is 1. The van der Waals surface area contributed by atoms with Gasteiger partial charge in [0, 0.05) is 26.2 Å². The lowest BCUT2D eigenvalue weighted by Crippen LogP contribution is -2.52. The van der Waals surface area contributed by atoms with Crippen LogP contribution in [0, 0.1) is 0 Å². The second-order valence-corrected chi connectivity index (χ2v) is 5.30. The van der Waals surface area contributed by atoms with E-state index < -0.39 is 36.3 Å². The summed E-state index contributed by atoms with van der Waals surface area (Å²) in [5, 5.41) is 19.1. The summed E-state index contributed by atoms with van der Waals surface area (Å²) in [6.45, 7) is -0.897. The highest BCUT2D eigenvalue weighted by Crippen LogP contribution is 2.29. The molecule has 0 saturated carbocycles. The SMILES string of the molecule is O=C(c1cccc(O)c1O)N1CCN(CC(F)(F)C(F)F)CC1. The number of para-hydroxylation sites is 1. The van der Waals surface area contributed by atoms with Crippen molar-refractivity contribution < 1.29 is 32.6 Å². The number of rotatable bonds is 4. The van der Waals surface area contributed by atoms with Gasteiger partial charge in [0.1, 0.15) is 0 Å². The number of aromatic hydroxyl groups is 2. The molecule has 1 aliphatic rings. The third-order valence-corrected chi connectivity index (χ3v) is 3.66. The van der Waals surface area contributed by atoms with E-state index in [1.165, 1.54) is 23.1 Å².